The van der Waals surface area contributed by atoms with Crippen LogP contribution in [0.25, 0.3) is 77.3 Å². The fourth-order valence-corrected chi connectivity index (χ4v) is 6.51. The highest BCUT2D eigenvalue weighted by Crippen LogP contribution is 2.41. The summed E-state index contributed by atoms with van der Waals surface area (Å²) in [5, 5.41) is 54.4. The van der Waals surface area contributed by atoms with E-state index in [1.807, 2.05) is 121 Å². The molecule has 0 saturated carbocycles. The molecule has 0 atom stereocenters. The van der Waals surface area contributed by atoms with E-state index in [4.69, 9.17) is 8.83 Å². The van der Waals surface area contributed by atoms with Crippen molar-refractivity contribution in [2.24, 2.45) is 0 Å². The third kappa shape index (κ3) is 4.10. The summed E-state index contributed by atoms with van der Waals surface area (Å²) in [6, 6.07) is 42.9. The van der Waals surface area contributed by atoms with Crippen LogP contribution in [0.3, 0.4) is 0 Å². The molecule has 48 heavy (non-hydrogen) atoms. The van der Waals surface area contributed by atoms with Crippen LogP contribution < -0.4 is 0 Å². The minimum Gasteiger partial charge on any atom is -0.456 e. The van der Waals surface area contributed by atoms with Gasteiger partial charge in [0.05, 0.1) is 27.8 Å². The van der Waals surface area contributed by atoms with E-state index in [-0.39, 0.29) is 33.4 Å². The van der Waals surface area contributed by atoms with Gasteiger partial charge in [-0.3, -0.25) is 0 Å². The summed E-state index contributed by atoms with van der Waals surface area (Å²) in [6.07, 6.45) is 0. The normalized spacial score (nSPS) is 10.8. The average Bonchev–Trinajstić information content (AvgIpc) is 3.70. The number of fused-ring (bicyclic) bond motifs is 6. The lowest BCUT2D eigenvalue weighted by atomic mass is 9.83. The van der Waals surface area contributed by atoms with Crippen molar-refractivity contribution in [3.8, 4) is 63.7 Å². The highest BCUT2D eigenvalue weighted by atomic mass is 16.3. The Bertz CT molecular complexity index is 2720. The smallest absolute Gasteiger partial charge is 0.135 e. The van der Waals surface area contributed by atoms with Gasteiger partial charge in [-0.2, -0.15) is 26.3 Å². The summed E-state index contributed by atoms with van der Waals surface area (Å²) in [7, 11) is 0. The Balaban J connectivity index is 1.46. The zero-order chi connectivity index (χ0) is 32.9. The van der Waals surface area contributed by atoms with E-state index in [1.165, 1.54) is 0 Å². The van der Waals surface area contributed by atoms with Crippen molar-refractivity contribution in [1.82, 2.24) is 0 Å². The maximum atomic E-state index is 10.3. The summed E-state index contributed by atoms with van der Waals surface area (Å²) >= 11 is 0. The van der Waals surface area contributed by atoms with E-state index in [0.29, 0.717) is 5.56 Å². The number of hydrogen-bond donors (Lipinski definition) is 0. The van der Waals surface area contributed by atoms with Crippen LogP contribution >= 0.6 is 0 Å². The number of hydrogen-bond acceptors (Lipinski definition) is 7. The van der Waals surface area contributed by atoms with Crippen molar-refractivity contribution in [2.45, 2.75) is 0 Å². The van der Waals surface area contributed by atoms with Gasteiger partial charge in [0.15, 0.2) is 0 Å². The molecule has 0 unspecified atom stereocenters. The van der Waals surface area contributed by atoms with Gasteiger partial charge in [0.2, 0.25) is 0 Å². The molecule has 2 aromatic heterocycles. The molecule has 218 valence electrons. The second-order valence-corrected chi connectivity index (χ2v) is 11.2. The molecule has 0 aliphatic rings. The summed E-state index contributed by atoms with van der Waals surface area (Å²) in [6.45, 7) is 0. The Morgan fingerprint density at radius 1 is 0.333 bits per heavy atom. The standard InChI is InChI=1S/C41H17N5O2/c42-18-32-33(19-43)35(21-45)41(36(22-46)34(32)20-44)27-14-25(23-9-11-39-30(16-23)28-5-1-3-7-37(28)47-39)13-26(15-27)24-10-12-40-31(17-24)29-6-2-4-8-38(29)48-40/h1-17H. The first-order valence-corrected chi connectivity index (χ1v) is 14.8. The first kappa shape index (κ1) is 27.9. The van der Waals surface area contributed by atoms with E-state index < -0.39 is 0 Å². The Labute approximate surface area is 273 Å². The van der Waals surface area contributed by atoms with Crippen molar-refractivity contribution < 1.29 is 8.83 Å². The van der Waals surface area contributed by atoms with Crippen LogP contribution in [0.4, 0.5) is 0 Å². The average molecular weight is 612 g/mol. The van der Waals surface area contributed by atoms with Gasteiger partial charge in [0.1, 0.15) is 52.7 Å². The van der Waals surface area contributed by atoms with Gasteiger partial charge in [-0.05, 0) is 82.4 Å². The lowest BCUT2D eigenvalue weighted by Crippen LogP contribution is -2.03. The predicted molar refractivity (Wildman–Crippen MR) is 181 cm³/mol. The topological polar surface area (TPSA) is 145 Å². The lowest BCUT2D eigenvalue weighted by molar-refractivity contribution is 0.668. The minimum absolute atomic E-state index is 0.125. The Kier molecular flexibility index (Phi) is 6.26. The Morgan fingerprint density at radius 3 is 1.15 bits per heavy atom. The molecule has 0 amide bonds. The van der Waals surface area contributed by atoms with Gasteiger partial charge >= 0.3 is 0 Å². The molecular weight excluding hydrogens is 594 g/mol. The van der Waals surface area contributed by atoms with Gasteiger partial charge in [-0.1, -0.05) is 48.5 Å². The zero-order valence-electron chi connectivity index (χ0n) is 24.9. The molecule has 7 nitrogen and oxygen atoms in total. The molecule has 0 fully saturated rings. The van der Waals surface area contributed by atoms with Crippen LogP contribution in [-0.2, 0) is 0 Å². The number of nitriles is 5. The predicted octanol–water partition coefficient (Wildman–Crippen LogP) is 9.84. The van der Waals surface area contributed by atoms with E-state index in [2.05, 4.69) is 12.1 Å². The van der Waals surface area contributed by atoms with E-state index in [0.717, 1.165) is 66.1 Å². The summed E-state index contributed by atoms with van der Waals surface area (Å²) < 4.78 is 12.1. The SMILES string of the molecule is N#Cc1c(C#N)c(C#N)c(-c2cc(-c3ccc4oc5ccccc5c4c3)cc(-c3ccc4oc5ccccc5c4c3)c2)c(C#N)c1C#N. The molecule has 8 aromatic rings. The fraction of sp³-hybridized carbons (Fsp3) is 0. The van der Waals surface area contributed by atoms with Crippen LogP contribution in [0.2, 0.25) is 0 Å². The first-order chi connectivity index (χ1) is 23.6. The quantitative estimate of drug-likeness (QED) is 0.193. The zero-order valence-corrected chi connectivity index (χ0v) is 24.9. The molecule has 8 rings (SSSR count). The molecule has 6 aromatic carbocycles. The van der Waals surface area contributed by atoms with Crippen LogP contribution in [0.15, 0.2) is 112 Å². The van der Waals surface area contributed by atoms with Crippen LogP contribution in [0.1, 0.15) is 27.8 Å². The Hall–Kier alpha value is -7.63. The molecule has 0 bridgehead atoms. The number of nitrogens with zero attached hydrogens (tertiary/aromatic N) is 5. The van der Waals surface area contributed by atoms with Gasteiger partial charge in [0.25, 0.3) is 0 Å². The van der Waals surface area contributed by atoms with Crippen LogP contribution in [0, 0.1) is 56.7 Å². The fourth-order valence-electron chi connectivity index (χ4n) is 6.51. The summed E-state index contributed by atoms with van der Waals surface area (Å²) in [5.41, 5.74) is 5.74. The van der Waals surface area contributed by atoms with Gasteiger partial charge in [-0.15, -0.1) is 0 Å². The van der Waals surface area contributed by atoms with E-state index >= 15 is 0 Å². The van der Waals surface area contributed by atoms with Crippen LogP contribution in [0.5, 0.6) is 0 Å². The van der Waals surface area contributed by atoms with Gasteiger partial charge in [-0.25, -0.2) is 0 Å². The van der Waals surface area contributed by atoms with E-state index in [9.17, 15) is 26.3 Å². The monoisotopic (exact) mass is 611 g/mol. The largest absolute Gasteiger partial charge is 0.456 e. The maximum Gasteiger partial charge on any atom is 0.135 e. The molecule has 0 spiro atoms. The van der Waals surface area contributed by atoms with Crippen molar-refractivity contribution >= 4 is 43.9 Å². The van der Waals surface area contributed by atoms with Crippen molar-refractivity contribution in [1.29, 1.82) is 26.3 Å². The maximum absolute atomic E-state index is 10.3. The number of benzene rings is 6. The van der Waals surface area contributed by atoms with Gasteiger partial charge in [0, 0.05) is 27.1 Å². The van der Waals surface area contributed by atoms with Crippen LogP contribution in [-0.4, -0.2) is 0 Å². The first-order valence-electron chi connectivity index (χ1n) is 14.8. The van der Waals surface area contributed by atoms with Gasteiger partial charge < -0.3 is 8.83 Å². The van der Waals surface area contributed by atoms with Crippen molar-refractivity contribution in [2.75, 3.05) is 0 Å². The minimum atomic E-state index is -0.289. The molecule has 0 saturated heterocycles. The molecule has 0 N–H and O–H groups in total. The number of furan rings is 2. The molecule has 2 heterocycles. The molecule has 0 radical (unpaired) electrons. The molecular formula is C41H17N5O2. The molecule has 7 heteroatoms. The summed E-state index contributed by atoms with van der Waals surface area (Å²) in [5.74, 6) is 0. The molecule has 0 aliphatic carbocycles. The second kappa shape index (κ2) is 10.8. The molecule has 0 aliphatic heterocycles. The lowest BCUT2D eigenvalue weighted by Gasteiger charge is -2.16. The third-order valence-corrected chi connectivity index (χ3v) is 8.70. The summed E-state index contributed by atoms with van der Waals surface area (Å²) in [4.78, 5) is 0. The third-order valence-electron chi connectivity index (χ3n) is 8.70. The number of para-hydroxylation sites is 2. The second-order valence-electron chi connectivity index (χ2n) is 11.2. The van der Waals surface area contributed by atoms with Crippen molar-refractivity contribution in [3.63, 3.8) is 0 Å². The van der Waals surface area contributed by atoms with Crippen molar-refractivity contribution in [3.05, 3.63) is 131 Å². The highest BCUT2D eigenvalue weighted by molar-refractivity contribution is 6.08. The highest BCUT2D eigenvalue weighted by Gasteiger charge is 2.26. The van der Waals surface area contributed by atoms with E-state index in [1.54, 1.807) is 0 Å². The Morgan fingerprint density at radius 2 is 0.708 bits per heavy atom. The number of rotatable bonds is 3.